The molecule has 2 nitrogen and oxygen atoms in total. The van der Waals surface area contributed by atoms with E-state index in [9.17, 15) is 0 Å². The van der Waals surface area contributed by atoms with E-state index in [1.165, 1.54) is 45.1 Å². The van der Waals surface area contributed by atoms with Gasteiger partial charge in [-0.05, 0) is 57.0 Å². The molecule has 0 heterocycles. The molecule has 2 aliphatic carbocycles. The number of nitrogens with one attached hydrogen (secondary N) is 1. The fourth-order valence-corrected chi connectivity index (χ4v) is 4.05. The first-order chi connectivity index (χ1) is 9.15. The predicted molar refractivity (Wildman–Crippen MR) is 83.4 cm³/mol. The van der Waals surface area contributed by atoms with Crippen LogP contribution in [0.15, 0.2) is 0 Å². The highest BCUT2D eigenvalue weighted by Gasteiger charge is 2.37. The van der Waals surface area contributed by atoms with Crippen LogP contribution in [0.2, 0.25) is 0 Å². The number of likely N-dealkylation sites (N-methyl/N-ethyl adjacent to an activating group) is 2. The lowest BCUT2D eigenvalue weighted by Gasteiger charge is -2.42. The molecular formula is C17H34N2. The Bertz CT molecular complexity index is 266. The second kappa shape index (κ2) is 7.08. The second-order valence-corrected chi connectivity index (χ2v) is 7.11. The number of hydrogen-bond donors (Lipinski definition) is 1. The Morgan fingerprint density at radius 1 is 1.16 bits per heavy atom. The van der Waals surface area contributed by atoms with Crippen molar-refractivity contribution >= 4 is 0 Å². The molecule has 0 radical (unpaired) electrons. The largest absolute Gasteiger partial charge is 0.313 e. The van der Waals surface area contributed by atoms with Gasteiger partial charge in [-0.2, -0.15) is 0 Å². The molecular weight excluding hydrogens is 232 g/mol. The summed E-state index contributed by atoms with van der Waals surface area (Å²) in [6.45, 7) is 9.43. The van der Waals surface area contributed by atoms with Gasteiger partial charge in [0.05, 0.1) is 0 Å². The summed E-state index contributed by atoms with van der Waals surface area (Å²) in [6, 6.07) is 1.51. The second-order valence-electron chi connectivity index (χ2n) is 7.11. The van der Waals surface area contributed by atoms with E-state index in [-0.39, 0.29) is 0 Å². The summed E-state index contributed by atoms with van der Waals surface area (Å²) in [5.41, 5.74) is 0. The molecule has 2 rings (SSSR count). The van der Waals surface area contributed by atoms with Gasteiger partial charge in [-0.3, -0.25) is 0 Å². The van der Waals surface area contributed by atoms with Crippen molar-refractivity contribution in [3.05, 3.63) is 0 Å². The van der Waals surface area contributed by atoms with Gasteiger partial charge < -0.3 is 10.2 Å². The van der Waals surface area contributed by atoms with Crippen LogP contribution < -0.4 is 5.32 Å². The number of nitrogens with zero attached hydrogens (tertiary/aromatic N) is 1. The summed E-state index contributed by atoms with van der Waals surface area (Å²) < 4.78 is 0. The van der Waals surface area contributed by atoms with Crippen LogP contribution in [-0.2, 0) is 0 Å². The smallest absolute Gasteiger partial charge is 0.0249 e. The maximum Gasteiger partial charge on any atom is 0.0249 e. The van der Waals surface area contributed by atoms with Gasteiger partial charge in [0, 0.05) is 18.6 Å². The monoisotopic (exact) mass is 266 g/mol. The molecule has 2 fully saturated rings. The van der Waals surface area contributed by atoms with E-state index in [1.54, 1.807) is 0 Å². The SMILES string of the molecule is CCCC1CCC(NCC)C(N(C)CC2CC2C)C1. The highest BCUT2D eigenvalue weighted by atomic mass is 15.2. The van der Waals surface area contributed by atoms with Crippen molar-refractivity contribution in [2.75, 3.05) is 20.1 Å². The Balaban J connectivity index is 1.89. The lowest BCUT2D eigenvalue weighted by Crippen LogP contribution is -2.52. The lowest BCUT2D eigenvalue weighted by molar-refractivity contribution is 0.112. The number of hydrogen-bond acceptors (Lipinski definition) is 2. The molecule has 5 unspecified atom stereocenters. The third kappa shape index (κ3) is 4.19. The van der Waals surface area contributed by atoms with Crippen molar-refractivity contribution in [2.45, 2.75) is 71.4 Å². The van der Waals surface area contributed by atoms with Crippen molar-refractivity contribution < 1.29 is 0 Å². The maximum absolute atomic E-state index is 3.74. The van der Waals surface area contributed by atoms with E-state index in [2.05, 4.69) is 38.0 Å². The van der Waals surface area contributed by atoms with Gasteiger partial charge in [-0.15, -0.1) is 0 Å². The van der Waals surface area contributed by atoms with Crippen molar-refractivity contribution in [1.29, 1.82) is 0 Å². The Labute approximate surface area is 120 Å². The molecule has 0 spiro atoms. The normalized spacial score (nSPS) is 38.7. The van der Waals surface area contributed by atoms with Crippen LogP contribution in [0.4, 0.5) is 0 Å². The van der Waals surface area contributed by atoms with Crippen LogP contribution in [0.5, 0.6) is 0 Å². The molecule has 2 saturated carbocycles. The predicted octanol–water partition coefficient (Wildman–Crippen LogP) is 3.52. The van der Waals surface area contributed by atoms with E-state index < -0.39 is 0 Å². The fraction of sp³-hybridized carbons (Fsp3) is 1.00. The molecule has 0 aromatic carbocycles. The summed E-state index contributed by atoms with van der Waals surface area (Å²) in [7, 11) is 2.37. The molecule has 0 aromatic heterocycles. The molecule has 0 aromatic rings. The minimum atomic E-state index is 0.733. The van der Waals surface area contributed by atoms with Gasteiger partial charge in [0.1, 0.15) is 0 Å². The summed E-state index contributed by atoms with van der Waals surface area (Å²) >= 11 is 0. The van der Waals surface area contributed by atoms with Gasteiger partial charge in [-0.25, -0.2) is 0 Å². The molecule has 2 heteroatoms. The van der Waals surface area contributed by atoms with Crippen LogP contribution in [0.1, 0.15) is 59.3 Å². The van der Waals surface area contributed by atoms with E-state index in [0.29, 0.717) is 0 Å². The zero-order valence-corrected chi connectivity index (χ0v) is 13.5. The highest BCUT2D eigenvalue weighted by Crippen LogP contribution is 2.39. The molecule has 2 aliphatic rings. The molecule has 0 amide bonds. The van der Waals surface area contributed by atoms with Crippen LogP contribution in [0, 0.1) is 17.8 Å². The van der Waals surface area contributed by atoms with Crippen molar-refractivity contribution in [2.24, 2.45) is 17.8 Å². The van der Waals surface area contributed by atoms with Gasteiger partial charge >= 0.3 is 0 Å². The Hall–Kier alpha value is -0.0800. The van der Waals surface area contributed by atoms with Crippen LogP contribution in [0.25, 0.3) is 0 Å². The Kier molecular flexibility index (Phi) is 5.70. The standard InChI is InChI=1S/C17H34N2/c1-5-7-14-8-9-16(18-6-2)17(11-14)19(4)12-15-10-13(15)3/h13-18H,5-12H2,1-4H3. The third-order valence-electron chi connectivity index (χ3n) is 5.45. The maximum atomic E-state index is 3.74. The van der Waals surface area contributed by atoms with E-state index in [0.717, 1.165) is 36.4 Å². The highest BCUT2D eigenvalue weighted by molar-refractivity contribution is 4.93. The molecule has 1 N–H and O–H groups in total. The van der Waals surface area contributed by atoms with Crippen molar-refractivity contribution in [1.82, 2.24) is 10.2 Å². The zero-order valence-electron chi connectivity index (χ0n) is 13.5. The van der Waals surface area contributed by atoms with Crippen molar-refractivity contribution in [3.8, 4) is 0 Å². The first kappa shape index (κ1) is 15.3. The topological polar surface area (TPSA) is 15.3 Å². The van der Waals surface area contributed by atoms with Crippen molar-refractivity contribution in [3.63, 3.8) is 0 Å². The number of rotatable bonds is 7. The molecule has 112 valence electrons. The summed E-state index contributed by atoms with van der Waals surface area (Å²) in [5.74, 6) is 2.94. The van der Waals surface area contributed by atoms with Gasteiger partial charge in [-0.1, -0.05) is 33.6 Å². The summed E-state index contributed by atoms with van der Waals surface area (Å²) in [4.78, 5) is 2.68. The van der Waals surface area contributed by atoms with Crippen LogP contribution in [-0.4, -0.2) is 37.1 Å². The zero-order chi connectivity index (χ0) is 13.8. The first-order valence-corrected chi connectivity index (χ1v) is 8.59. The minimum Gasteiger partial charge on any atom is -0.313 e. The first-order valence-electron chi connectivity index (χ1n) is 8.59. The van der Waals surface area contributed by atoms with Crippen LogP contribution >= 0.6 is 0 Å². The molecule has 0 bridgehead atoms. The minimum absolute atomic E-state index is 0.733. The average Bonchev–Trinajstić information content (AvgIpc) is 3.07. The third-order valence-corrected chi connectivity index (χ3v) is 5.45. The summed E-state index contributed by atoms with van der Waals surface area (Å²) in [6.07, 6.45) is 8.49. The lowest BCUT2D eigenvalue weighted by atomic mass is 9.79. The molecule has 0 saturated heterocycles. The van der Waals surface area contributed by atoms with E-state index in [1.807, 2.05) is 0 Å². The molecule has 5 atom stereocenters. The van der Waals surface area contributed by atoms with Gasteiger partial charge in [0.25, 0.3) is 0 Å². The summed E-state index contributed by atoms with van der Waals surface area (Å²) in [5, 5.41) is 3.74. The fourth-order valence-electron chi connectivity index (χ4n) is 4.05. The molecule has 0 aliphatic heterocycles. The van der Waals surface area contributed by atoms with E-state index in [4.69, 9.17) is 0 Å². The van der Waals surface area contributed by atoms with Crippen LogP contribution in [0.3, 0.4) is 0 Å². The van der Waals surface area contributed by atoms with E-state index >= 15 is 0 Å². The Morgan fingerprint density at radius 3 is 2.47 bits per heavy atom. The Morgan fingerprint density at radius 2 is 1.89 bits per heavy atom. The molecule has 19 heavy (non-hydrogen) atoms. The van der Waals surface area contributed by atoms with Gasteiger partial charge in [0.2, 0.25) is 0 Å². The van der Waals surface area contributed by atoms with Gasteiger partial charge in [0.15, 0.2) is 0 Å². The average molecular weight is 266 g/mol. The quantitative estimate of drug-likeness (QED) is 0.758.